The second kappa shape index (κ2) is 8.67. The van der Waals surface area contributed by atoms with Crippen LogP contribution in [-0.2, 0) is 13.1 Å². The van der Waals surface area contributed by atoms with Crippen LogP contribution >= 0.6 is 0 Å². The van der Waals surface area contributed by atoms with E-state index < -0.39 is 0 Å². The quantitative estimate of drug-likeness (QED) is 0.641. The van der Waals surface area contributed by atoms with Crippen LogP contribution in [0.3, 0.4) is 0 Å². The molecule has 1 fully saturated rings. The van der Waals surface area contributed by atoms with Crippen molar-refractivity contribution in [1.29, 1.82) is 0 Å². The Labute approximate surface area is 150 Å². The Kier molecular flexibility index (Phi) is 6.07. The minimum Gasteiger partial charge on any atom is -0.370 e. The fourth-order valence-electron chi connectivity index (χ4n) is 3.36. The van der Waals surface area contributed by atoms with Gasteiger partial charge in [-0.1, -0.05) is 48.9 Å². The first kappa shape index (κ1) is 17.5. The average Bonchev–Trinajstić information content (AvgIpc) is 2.64. The van der Waals surface area contributed by atoms with Crippen LogP contribution in [0.1, 0.15) is 37.3 Å². The highest BCUT2D eigenvalue weighted by Gasteiger charge is 2.18. The maximum absolute atomic E-state index is 6.04. The smallest absolute Gasteiger partial charge is 0.193 e. The number of nitrogens with one attached hydrogen (secondary N) is 1. The van der Waals surface area contributed by atoms with Crippen LogP contribution in [0.25, 0.3) is 0 Å². The number of hydrogen-bond donors (Lipinski definition) is 2. The number of nitrogens with zero attached hydrogens (tertiary/aromatic N) is 2. The van der Waals surface area contributed by atoms with Crippen LogP contribution in [0.4, 0.5) is 5.69 Å². The van der Waals surface area contributed by atoms with Crippen LogP contribution < -0.4 is 11.1 Å². The van der Waals surface area contributed by atoms with Gasteiger partial charge in [-0.15, -0.1) is 0 Å². The Balaban J connectivity index is 1.65. The van der Waals surface area contributed by atoms with Gasteiger partial charge in [-0.25, -0.2) is 4.99 Å². The summed E-state index contributed by atoms with van der Waals surface area (Å²) in [6.45, 7) is 5.13. The van der Waals surface area contributed by atoms with Gasteiger partial charge in [0.2, 0.25) is 0 Å². The fourth-order valence-corrected chi connectivity index (χ4v) is 3.36. The van der Waals surface area contributed by atoms with Gasteiger partial charge in [-0.05, 0) is 49.6 Å². The number of piperidine rings is 1. The molecule has 0 amide bonds. The summed E-state index contributed by atoms with van der Waals surface area (Å²) in [6, 6.07) is 19.1. The Morgan fingerprint density at radius 2 is 1.80 bits per heavy atom. The molecule has 4 nitrogen and oxygen atoms in total. The molecule has 1 heterocycles. The number of rotatable bonds is 5. The van der Waals surface area contributed by atoms with Gasteiger partial charge in [0, 0.05) is 18.3 Å². The highest BCUT2D eigenvalue weighted by atomic mass is 15.2. The molecule has 0 spiro atoms. The van der Waals surface area contributed by atoms with Gasteiger partial charge in [0.15, 0.2) is 5.96 Å². The molecule has 132 valence electrons. The molecular formula is C21H28N4. The molecule has 2 aromatic rings. The van der Waals surface area contributed by atoms with Gasteiger partial charge >= 0.3 is 0 Å². The lowest BCUT2D eigenvalue weighted by atomic mass is 10.0. The summed E-state index contributed by atoms with van der Waals surface area (Å²) in [5, 5.41) is 3.14. The van der Waals surface area contributed by atoms with E-state index in [1.54, 1.807) is 0 Å². The largest absolute Gasteiger partial charge is 0.370 e. The number of benzene rings is 2. The molecule has 0 radical (unpaired) electrons. The number of hydrogen-bond acceptors (Lipinski definition) is 2. The minimum atomic E-state index is 0.451. The summed E-state index contributed by atoms with van der Waals surface area (Å²) in [6.07, 6.45) is 3.96. The van der Waals surface area contributed by atoms with Crippen molar-refractivity contribution in [2.24, 2.45) is 10.7 Å². The number of aliphatic imine (C=N–C) groups is 1. The second-order valence-electron chi connectivity index (χ2n) is 6.78. The summed E-state index contributed by atoms with van der Waals surface area (Å²) in [4.78, 5) is 7.11. The van der Waals surface area contributed by atoms with Crippen molar-refractivity contribution < 1.29 is 0 Å². The van der Waals surface area contributed by atoms with Crippen molar-refractivity contribution in [2.45, 2.75) is 45.3 Å². The highest BCUT2D eigenvalue weighted by molar-refractivity contribution is 5.92. The maximum atomic E-state index is 6.04. The van der Waals surface area contributed by atoms with Crippen LogP contribution in [0, 0.1) is 0 Å². The van der Waals surface area contributed by atoms with Crippen LogP contribution in [0.2, 0.25) is 0 Å². The molecule has 4 heteroatoms. The van der Waals surface area contributed by atoms with Crippen molar-refractivity contribution >= 4 is 11.6 Å². The topological polar surface area (TPSA) is 53.6 Å². The maximum Gasteiger partial charge on any atom is 0.193 e. The summed E-state index contributed by atoms with van der Waals surface area (Å²) >= 11 is 0. The molecule has 3 N–H and O–H groups in total. The Morgan fingerprint density at radius 1 is 1.08 bits per heavy atom. The predicted octanol–water partition coefficient (Wildman–Crippen LogP) is 3.99. The third-order valence-electron chi connectivity index (χ3n) is 4.90. The van der Waals surface area contributed by atoms with Gasteiger partial charge in [0.05, 0.1) is 6.54 Å². The van der Waals surface area contributed by atoms with Crippen LogP contribution in [0.15, 0.2) is 59.6 Å². The van der Waals surface area contributed by atoms with E-state index in [-0.39, 0.29) is 0 Å². The molecule has 0 aromatic heterocycles. The lowest BCUT2D eigenvalue weighted by Crippen LogP contribution is -2.37. The van der Waals surface area contributed by atoms with E-state index in [1.165, 1.54) is 36.9 Å². The average molecular weight is 336 g/mol. The van der Waals surface area contributed by atoms with Crippen molar-refractivity contribution in [3.8, 4) is 0 Å². The Morgan fingerprint density at radius 3 is 2.56 bits per heavy atom. The van der Waals surface area contributed by atoms with E-state index in [0.717, 1.165) is 12.2 Å². The van der Waals surface area contributed by atoms with Crippen LogP contribution in [-0.4, -0.2) is 23.4 Å². The van der Waals surface area contributed by atoms with Gasteiger partial charge in [-0.3, -0.25) is 4.90 Å². The summed E-state index contributed by atoms with van der Waals surface area (Å²) in [7, 11) is 0. The first-order chi connectivity index (χ1) is 12.2. The molecule has 1 aliphatic heterocycles. The minimum absolute atomic E-state index is 0.451. The van der Waals surface area contributed by atoms with Gasteiger partial charge < -0.3 is 11.1 Å². The predicted molar refractivity (Wildman–Crippen MR) is 106 cm³/mol. The molecule has 25 heavy (non-hydrogen) atoms. The van der Waals surface area contributed by atoms with E-state index in [1.807, 2.05) is 30.3 Å². The van der Waals surface area contributed by atoms with E-state index in [9.17, 15) is 0 Å². The normalized spacial score (nSPS) is 18.9. The zero-order chi connectivity index (χ0) is 17.5. The second-order valence-corrected chi connectivity index (χ2v) is 6.78. The van der Waals surface area contributed by atoms with Crippen LogP contribution in [0.5, 0.6) is 0 Å². The highest BCUT2D eigenvalue weighted by Crippen LogP contribution is 2.21. The van der Waals surface area contributed by atoms with Crippen molar-refractivity contribution in [1.82, 2.24) is 4.90 Å². The third-order valence-corrected chi connectivity index (χ3v) is 4.90. The Hall–Kier alpha value is -2.33. The van der Waals surface area contributed by atoms with E-state index in [0.29, 0.717) is 18.5 Å². The van der Waals surface area contributed by atoms with E-state index >= 15 is 0 Å². The Bertz CT molecular complexity index is 696. The van der Waals surface area contributed by atoms with Crippen molar-refractivity contribution in [3.63, 3.8) is 0 Å². The molecule has 3 rings (SSSR count). The number of anilines is 1. The molecule has 0 aliphatic carbocycles. The summed E-state index contributed by atoms with van der Waals surface area (Å²) < 4.78 is 0. The van der Waals surface area contributed by atoms with E-state index in [2.05, 4.69) is 46.4 Å². The molecule has 2 aromatic carbocycles. The standard InChI is InChI=1S/C21H28N4/c1-17-9-7-8-14-25(17)16-19-11-6-5-10-18(19)15-23-21(22)24-20-12-3-2-4-13-20/h2-6,10-13,17H,7-9,14-16H2,1H3,(H3,22,23,24). The van der Waals surface area contributed by atoms with E-state index in [4.69, 9.17) is 5.73 Å². The molecule has 0 bridgehead atoms. The zero-order valence-corrected chi connectivity index (χ0v) is 15.0. The number of para-hydroxylation sites is 1. The molecular weight excluding hydrogens is 308 g/mol. The SMILES string of the molecule is CC1CCCCN1Cc1ccccc1CN=C(N)Nc1ccccc1. The number of likely N-dealkylation sites (tertiary alicyclic amines) is 1. The summed E-state index contributed by atoms with van der Waals surface area (Å²) in [5.41, 5.74) is 9.60. The van der Waals surface area contributed by atoms with Gasteiger partial charge in [0.1, 0.15) is 0 Å². The number of nitrogens with two attached hydrogens (primary N) is 1. The molecule has 1 saturated heterocycles. The first-order valence-electron chi connectivity index (χ1n) is 9.15. The lowest BCUT2D eigenvalue weighted by molar-refractivity contribution is 0.152. The monoisotopic (exact) mass is 336 g/mol. The van der Waals surface area contributed by atoms with Crippen molar-refractivity contribution in [2.75, 3.05) is 11.9 Å². The lowest BCUT2D eigenvalue weighted by Gasteiger charge is -2.33. The van der Waals surface area contributed by atoms with Gasteiger partial charge in [0.25, 0.3) is 0 Å². The van der Waals surface area contributed by atoms with Crippen molar-refractivity contribution in [3.05, 3.63) is 65.7 Å². The molecule has 1 unspecified atom stereocenters. The summed E-state index contributed by atoms with van der Waals surface area (Å²) in [5.74, 6) is 0.451. The molecule has 1 atom stereocenters. The fraction of sp³-hybridized carbons (Fsp3) is 0.381. The molecule has 1 aliphatic rings. The zero-order valence-electron chi connectivity index (χ0n) is 15.0. The molecule has 0 saturated carbocycles. The van der Waals surface area contributed by atoms with Gasteiger partial charge in [-0.2, -0.15) is 0 Å². The number of guanidine groups is 1. The first-order valence-corrected chi connectivity index (χ1v) is 9.15. The third kappa shape index (κ3) is 5.07.